The van der Waals surface area contributed by atoms with Crippen LogP contribution in [0.5, 0.6) is 0 Å². The summed E-state index contributed by atoms with van der Waals surface area (Å²) in [5.74, 6) is 0.715. The van der Waals surface area contributed by atoms with Crippen LogP contribution in [0.4, 0.5) is 6.01 Å². The van der Waals surface area contributed by atoms with Crippen molar-refractivity contribution in [2.75, 3.05) is 5.32 Å². The Morgan fingerprint density at radius 2 is 1.80 bits per heavy atom. The molecule has 1 N–H and O–H groups in total. The van der Waals surface area contributed by atoms with Crippen molar-refractivity contribution in [3.05, 3.63) is 41.8 Å². The first-order chi connectivity index (χ1) is 9.90. The third-order valence-electron chi connectivity index (χ3n) is 3.87. The Kier molecular flexibility index (Phi) is 4.31. The summed E-state index contributed by atoms with van der Waals surface area (Å²) >= 11 is 0. The molecule has 0 aliphatic heterocycles. The van der Waals surface area contributed by atoms with Crippen molar-refractivity contribution in [3.63, 3.8) is 0 Å². The maximum atomic E-state index is 5.67. The van der Waals surface area contributed by atoms with Crippen LogP contribution in [0, 0.1) is 0 Å². The van der Waals surface area contributed by atoms with Crippen molar-refractivity contribution in [2.45, 2.75) is 51.0 Å². The van der Waals surface area contributed by atoms with Crippen molar-refractivity contribution in [1.29, 1.82) is 0 Å². The minimum Gasteiger partial charge on any atom is -0.408 e. The van der Waals surface area contributed by atoms with Crippen LogP contribution < -0.4 is 5.32 Å². The predicted molar refractivity (Wildman–Crippen MR) is 78.6 cm³/mol. The molecule has 1 heterocycles. The molecule has 0 unspecified atom stereocenters. The van der Waals surface area contributed by atoms with Crippen LogP contribution in [0.25, 0.3) is 0 Å². The largest absolute Gasteiger partial charge is 0.408 e. The molecular weight excluding hydrogens is 250 g/mol. The average Bonchev–Trinajstić information content (AvgIpc) is 2.95. The predicted octanol–water partition coefficient (Wildman–Crippen LogP) is 3.60. The van der Waals surface area contributed by atoms with Gasteiger partial charge in [0.15, 0.2) is 0 Å². The van der Waals surface area contributed by atoms with Crippen LogP contribution in [0.2, 0.25) is 0 Å². The lowest BCUT2D eigenvalue weighted by Crippen LogP contribution is -2.22. The van der Waals surface area contributed by atoms with E-state index in [9.17, 15) is 0 Å². The molecule has 4 heteroatoms. The van der Waals surface area contributed by atoms with E-state index in [0.717, 1.165) is 12.8 Å². The minimum atomic E-state index is 0.506. The molecule has 1 aliphatic carbocycles. The monoisotopic (exact) mass is 271 g/mol. The lowest BCUT2D eigenvalue weighted by atomic mass is 9.96. The molecule has 1 aromatic carbocycles. The minimum absolute atomic E-state index is 0.506. The van der Waals surface area contributed by atoms with E-state index in [4.69, 9.17) is 4.42 Å². The molecule has 0 atom stereocenters. The van der Waals surface area contributed by atoms with Gasteiger partial charge in [-0.05, 0) is 24.8 Å². The fraction of sp³-hybridized carbons (Fsp3) is 0.500. The van der Waals surface area contributed by atoms with E-state index in [-0.39, 0.29) is 0 Å². The zero-order valence-corrected chi connectivity index (χ0v) is 11.7. The molecule has 106 valence electrons. The van der Waals surface area contributed by atoms with E-state index in [1.54, 1.807) is 0 Å². The normalized spacial score (nSPS) is 16.2. The van der Waals surface area contributed by atoms with Gasteiger partial charge in [-0.25, -0.2) is 0 Å². The summed E-state index contributed by atoms with van der Waals surface area (Å²) in [6, 6.07) is 11.5. The van der Waals surface area contributed by atoms with E-state index in [1.165, 1.54) is 37.7 Å². The van der Waals surface area contributed by atoms with E-state index >= 15 is 0 Å². The van der Waals surface area contributed by atoms with Crippen LogP contribution in [-0.2, 0) is 12.8 Å². The van der Waals surface area contributed by atoms with Gasteiger partial charge in [-0.15, -0.1) is 5.10 Å². The van der Waals surface area contributed by atoms with Gasteiger partial charge in [0.25, 0.3) is 0 Å². The van der Waals surface area contributed by atoms with E-state index in [0.29, 0.717) is 17.9 Å². The Morgan fingerprint density at radius 3 is 2.60 bits per heavy atom. The quantitative estimate of drug-likeness (QED) is 0.902. The second kappa shape index (κ2) is 6.55. The molecule has 1 aromatic heterocycles. The second-order valence-corrected chi connectivity index (χ2v) is 5.47. The molecule has 0 radical (unpaired) electrons. The Balaban J connectivity index is 1.51. The van der Waals surface area contributed by atoms with E-state index < -0.39 is 0 Å². The highest BCUT2D eigenvalue weighted by Gasteiger charge is 2.15. The van der Waals surface area contributed by atoms with Gasteiger partial charge < -0.3 is 9.73 Å². The molecule has 0 spiro atoms. The van der Waals surface area contributed by atoms with Gasteiger partial charge in [0.1, 0.15) is 0 Å². The Bertz CT molecular complexity index is 518. The summed E-state index contributed by atoms with van der Waals surface area (Å²) in [6.07, 6.45) is 8.10. The number of hydrogen-bond acceptors (Lipinski definition) is 4. The van der Waals surface area contributed by atoms with Crippen LogP contribution in [0.15, 0.2) is 34.7 Å². The number of aryl methyl sites for hydroxylation is 2. The van der Waals surface area contributed by atoms with Gasteiger partial charge in [0.2, 0.25) is 5.89 Å². The third kappa shape index (κ3) is 3.59. The van der Waals surface area contributed by atoms with Crippen molar-refractivity contribution in [1.82, 2.24) is 10.2 Å². The molecule has 3 rings (SSSR count). The zero-order chi connectivity index (χ0) is 13.6. The van der Waals surface area contributed by atoms with Gasteiger partial charge in [-0.3, -0.25) is 0 Å². The highest BCUT2D eigenvalue weighted by molar-refractivity contribution is 5.20. The molecule has 4 nitrogen and oxygen atoms in total. The van der Waals surface area contributed by atoms with Gasteiger partial charge >= 0.3 is 6.01 Å². The first-order valence-corrected chi connectivity index (χ1v) is 7.53. The summed E-state index contributed by atoms with van der Waals surface area (Å²) in [6.45, 7) is 0. The van der Waals surface area contributed by atoms with Gasteiger partial charge in [-0.2, -0.15) is 0 Å². The summed E-state index contributed by atoms with van der Waals surface area (Å²) in [7, 11) is 0. The number of rotatable bonds is 5. The molecule has 2 aromatic rings. The Labute approximate surface area is 119 Å². The lowest BCUT2D eigenvalue weighted by Gasteiger charge is -2.21. The van der Waals surface area contributed by atoms with E-state index in [2.05, 4.69) is 39.8 Å². The Morgan fingerprint density at radius 1 is 1.00 bits per heavy atom. The lowest BCUT2D eigenvalue weighted by molar-refractivity contribution is 0.440. The molecule has 1 saturated carbocycles. The molecule has 0 bridgehead atoms. The Hall–Kier alpha value is -1.84. The van der Waals surface area contributed by atoms with E-state index in [1.807, 2.05) is 6.07 Å². The highest BCUT2D eigenvalue weighted by atomic mass is 16.4. The maximum Gasteiger partial charge on any atom is 0.315 e. The SMILES string of the molecule is c1ccc(CCc2nnc(NC3CCCCC3)o2)cc1. The fourth-order valence-electron chi connectivity index (χ4n) is 2.73. The number of benzene rings is 1. The molecule has 0 amide bonds. The molecular formula is C16H21N3O. The number of anilines is 1. The number of nitrogens with zero attached hydrogens (tertiary/aromatic N) is 2. The topological polar surface area (TPSA) is 51.0 Å². The maximum absolute atomic E-state index is 5.67. The second-order valence-electron chi connectivity index (χ2n) is 5.47. The van der Waals surface area contributed by atoms with Crippen LogP contribution in [0.3, 0.4) is 0 Å². The standard InChI is InChI=1S/C16H21N3O/c1-3-7-13(8-4-1)11-12-15-18-19-16(20-15)17-14-9-5-2-6-10-14/h1,3-4,7-8,14H,2,5-6,9-12H2,(H,17,19). The number of aromatic nitrogens is 2. The van der Waals surface area contributed by atoms with Gasteiger partial charge in [0, 0.05) is 12.5 Å². The van der Waals surface area contributed by atoms with Crippen LogP contribution in [-0.4, -0.2) is 16.2 Å². The van der Waals surface area contributed by atoms with Gasteiger partial charge in [-0.1, -0.05) is 54.7 Å². The first-order valence-electron chi connectivity index (χ1n) is 7.53. The summed E-state index contributed by atoms with van der Waals surface area (Å²) < 4.78 is 5.67. The summed E-state index contributed by atoms with van der Waals surface area (Å²) in [5, 5.41) is 11.6. The van der Waals surface area contributed by atoms with Crippen molar-refractivity contribution in [3.8, 4) is 0 Å². The van der Waals surface area contributed by atoms with Crippen LogP contribution in [0.1, 0.15) is 43.6 Å². The van der Waals surface area contributed by atoms with Crippen LogP contribution >= 0.6 is 0 Å². The molecule has 20 heavy (non-hydrogen) atoms. The smallest absolute Gasteiger partial charge is 0.315 e. The molecule has 0 saturated heterocycles. The molecule has 1 aliphatic rings. The average molecular weight is 271 g/mol. The summed E-state index contributed by atoms with van der Waals surface area (Å²) in [4.78, 5) is 0. The molecule has 1 fully saturated rings. The highest BCUT2D eigenvalue weighted by Crippen LogP contribution is 2.21. The third-order valence-corrected chi connectivity index (χ3v) is 3.87. The zero-order valence-electron chi connectivity index (χ0n) is 11.7. The first kappa shape index (κ1) is 13.2. The fourth-order valence-corrected chi connectivity index (χ4v) is 2.73. The van der Waals surface area contributed by atoms with Crippen molar-refractivity contribution < 1.29 is 4.42 Å². The van der Waals surface area contributed by atoms with Crippen molar-refractivity contribution in [2.24, 2.45) is 0 Å². The number of nitrogens with one attached hydrogen (secondary N) is 1. The van der Waals surface area contributed by atoms with Crippen molar-refractivity contribution >= 4 is 6.01 Å². The van der Waals surface area contributed by atoms with Gasteiger partial charge in [0.05, 0.1) is 0 Å². The summed E-state index contributed by atoms with van der Waals surface area (Å²) in [5.41, 5.74) is 1.30. The number of hydrogen-bond donors (Lipinski definition) is 1.